The van der Waals surface area contributed by atoms with Crippen molar-refractivity contribution >= 4 is 34.5 Å². The standard InChI is InChI=1S/C27H26FN3O3/c1-31(2)16-18-6-10-21(11-7-18)29-26(19-5-3-4-17(14-19)8-13-24(32)33)25-22-12-9-20(28)15-23(22)30-27(25)34/h3-7,9-12,14-15,29H,8,13,16H2,1-2H3,(H,30,34)(H,32,33). The van der Waals surface area contributed by atoms with E-state index in [2.05, 4.69) is 15.5 Å². The highest BCUT2D eigenvalue weighted by Crippen LogP contribution is 2.38. The fourth-order valence-electron chi connectivity index (χ4n) is 4.01. The largest absolute Gasteiger partial charge is 0.481 e. The summed E-state index contributed by atoms with van der Waals surface area (Å²) < 4.78 is 13.8. The van der Waals surface area contributed by atoms with E-state index in [1.807, 2.05) is 62.6 Å². The summed E-state index contributed by atoms with van der Waals surface area (Å²) in [6.45, 7) is 0.807. The van der Waals surface area contributed by atoms with Gasteiger partial charge in [0.2, 0.25) is 0 Å². The molecule has 0 aromatic heterocycles. The predicted molar refractivity (Wildman–Crippen MR) is 132 cm³/mol. The van der Waals surface area contributed by atoms with Gasteiger partial charge in [0.05, 0.1) is 17.0 Å². The average Bonchev–Trinajstić information content (AvgIpc) is 3.11. The highest BCUT2D eigenvalue weighted by Gasteiger charge is 2.29. The first-order chi connectivity index (χ1) is 16.3. The van der Waals surface area contributed by atoms with Crippen LogP contribution in [0.4, 0.5) is 15.8 Å². The zero-order valence-corrected chi connectivity index (χ0v) is 19.1. The van der Waals surface area contributed by atoms with Crippen LogP contribution in [0.15, 0.2) is 66.7 Å². The van der Waals surface area contributed by atoms with Crippen molar-refractivity contribution in [1.82, 2.24) is 4.90 Å². The number of rotatable bonds is 8. The minimum Gasteiger partial charge on any atom is -0.481 e. The number of fused-ring (bicyclic) bond motifs is 1. The highest BCUT2D eigenvalue weighted by atomic mass is 19.1. The number of hydrogen-bond acceptors (Lipinski definition) is 4. The van der Waals surface area contributed by atoms with Gasteiger partial charge in [-0.3, -0.25) is 9.59 Å². The van der Waals surface area contributed by atoms with Gasteiger partial charge in [-0.15, -0.1) is 0 Å². The summed E-state index contributed by atoms with van der Waals surface area (Å²) in [5.74, 6) is -1.63. The van der Waals surface area contributed by atoms with E-state index in [1.54, 1.807) is 6.07 Å². The Bertz CT molecular complexity index is 1270. The Balaban J connectivity index is 1.78. The van der Waals surface area contributed by atoms with Crippen molar-refractivity contribution in [2.75, 3.05) is 24.7 Å². The van der Waals surface area contributed by atoms with Crippen LogP contribution in [0.5, 0.6) is 0 Å². The van der Waals surface area contributed by atoms with E-state index >= 15 is 0 Å². The number of hydrogen-bond donors (Lipinski definition) is 3. The first-order valence-electron chi connectivity index (χ1n) is 11.0. The van der Waals surface area contributed by atoms with Crippen LogP contribution in [0.25, 0.3) is 11.3 Å². The molecule has 3 aromatic rings. The summed E-state index contributed by atoms with van der Waals surface area (Å²) in [5, 5.41) is 15.2. The lowest BCUT2D eigenvalue weighted by molar-refractivity contribution is -0.137. The smallest absolute Gasteiger partial charge is 0.303 e. The van der Waals surface area contributed by atoms with Crippen LogP contribution >= 0.6 is 0 Å². The number of carboxylic acids is 1. The lowest BCUT2D eigenvalue weighted by Gasteiger charge is -2.16. The monoisotopic (exact) mass is 459 g/mol. The fourth-order valence-corrected chi connectivity index (χ4v) is 4.01. The van der Waals surface area contributed by atoms with Gasteiger partial charge >= 0.3 is 5.97 Å². The molecule has 0 saturated carbocycles. The van der Waals surface area contributed by atoms with Crippen LogP contribution in [0, 0.1) is 5.82 Å². The summed E-state index contributed by atoms with van der Waals surface area (Å²) in [6, 6.07) is 19.6. The Hall–Kier alpha value is -3.97. The van der Waals surface area contributed by atoms with Gasteiger partial charge in [0, 0.05) is 24.2 Å². The number of halogens is 1. The van der Waals surface area contributed by atoms with Gasteiger partial charge in [-0.25, -0.2) is 4.39 Å². The topological polar surface area (TPSA) is 81.7 Å². The van der Waals surface area contributed by atoms with Crippen LogP contribution in [-0.4, -0.2) is 36.0 Å². The zero-order chi connectivity index (χ0) is 24.2. The summed E-state index contributed by atoms with van der Waals surface area (Å²) in [5.41, 5.74) is 5.53. The molecule has 0 atom stereocenters. The molecule has 1 heterocycles. The van der Waals surface area contributed by atoms with Crippen molar-refractivity contribution in [2.45, 2.75) is 19.4 Å². The van der Waals surface area contributed by atoms with E-state index in [1.165, 1.54) is 12.1 Å². The lowest BCUT2D eigenvalue weighted by Crippen LogP contribution is -2.11. The number of anilines is 2. The Kier molecular flexibility index (Phi) is 6.75. The van der Waals surface area contributed by atoms with Crippen molar-refractivity contribution in [3.05, 3.63) is 94.8 Å². The van der Waals surface area contributed by atoms with Crippen LogP contribution in [0.1, 0.15) is 28.7 Å². The van der Waals surface area contributed by atoms with Gasteiger partial charge in [-0.05, 0) is 73.6 Å². The number of carbonyl (C=O) groups is 2. The Morgan fingerprint density at radius 1 is 1.03 bits per heavy atom. The predicted octanol–water partition coefficient (Wildman–Crippen LogP) is 4.84. The molecule has 6 nitrogen and oxygen atoms in total. The molecule has 0 radical (unpaired) electrons. The zero-order valence-electron chi connectivity index (χ0n) is 19.1. The quantitative estimate of drug-likeness (QED) is 0.420. The maximum atomic E-state index is 13.8. The number of aliphatic carboxylic acids is 1. The molecule has 1 aliphatic heterocycles. The van der Waals surface area contributed by atoms with Crippen LogP contribution in [-0.2, 0) is 22.6 Å². The summed E-state index contributed by atoms with van der Waals surface area (Å²) in [7, 11) is 4.01. The number of amides is 1. The Morgan fingerprint density at radius 2 is 1.79 bits per heavy atom. The van der Waals surface area contributed by atoms with E-state index in [-0.39, 0.29) is 12.3 Å². The molecular formula is C27H26FN3O3. The second-order valence-corrected chi connectivity index (χ2v) is 8.55. The number of nitrogens with zero attached hydrogens (tertiary/aromatic N) is 1. The van der Waals surface area contributed by atoms with Gasteiger partial charge in [0.15, 0.2) is 0 Å². The van der Waals surface area contributed by atoms with Crippen molar-refractivity contribution in [2.24, 2.45) is 0 Å². The molecule has 34 heavy (non-hydrogen) atoms. The van der Waals surface area contributed by atoms with Crippen molar-refractivity contribution in [1.29, 1.82) is 0 Å². The molecule has 3 N–H and O–H groups in total. The summed E-state index contributed by atoms with van der Waals surface area (Å²) in [6.07, 6.45) is 0.387. The molecule has 4 rings (SSSR count). The maximum Gasteiger partial charge on any atom is 0.303 e. The van der Waals surface area contributed by atoms with Crippen molar-refractivity contribution < 1.29 is 19.1 Å². The molecule has 0 spiro atoms. The number of nitrogens with one attached hydrogen (secondary N) is 2. The molecule has 7 heteroatoms. The SMILES string of the molecule is CN(C)Cc1ccc(NC(=C2C(=O)Nc3cc(F)ccc32)c2cccc(CCC(=O)O)c2)cc1. The molecule has 0 aliphatic carbocycles. The Labute approximate surface area is 197 Å². The van der Waals surface area contributed by atoms with E-state index in [9.17, 15) is 14.0 Å². The number of aryl methyl sites for hydroxylation is 1. The molecule has 0 saturated heterocycles. The third kappa shape index (κ3) is 5.32. The molecule has 3 aromatic carbocycles. The van der Waals surface area contributed by atoms with Crippen LogP contribution in [0.2, 0.25) is 0 Å². The number of carbonyl (C=O) groups excluding carboxylic acids is 1. The molecule has 0 fully saturated rings. The van der Waals surface area contributed by atoms with Crippen molar-refractivity contribution in [3.63, 3.8) is 0 Å². The van der Waals surface area contributed by atoms with E-state index < -0.39 is 11.8 Å². The first kappa shape index (κ1) is 23.2. The van der Waals surface area contributed by atoms with Gasteiger partial charge in [-0.2, -0.15) is 0 Å². The van der Waals surface area contributed by atoms with Crippen LogP contribution < -0.4 is 10.6 Å². The third-order valence-corrected chi connectivity index (χ3v) is 5.54. The van der Waals surface area contributed by atoms with Crippen LogP contribution in [0.3, 0.4) is 0 Å². The maximum absolute atomic E-state index is 13.8. The number of carboxylic acid groups (broad SMARTS) is 1. The third-order valence-electron chi connectivity index (χ3n) is 5.54. The molecule has 174 valence electrons. The second-order valence-electron chi connectivity index (χ2n) is 8.55. The molecular weight excluding hydrogens is 433 g/mol. The fraction of sp³-hybridized carbons (Fsp3) is 0.185. The first-order valence-corrected chi connectivity index (χ1v) is 11.0. The normalized spacial score (nSPS) is 14.1. The van der Waals surface area contributed by atoms with E-state index in [4.69, 9.17) is 5.11 Å². The second kappa shape index (κ2) is 9.89. The van der Waals surface area contributed by atoms with Crippen molar-refractivity contribution in [3.8, 4) is 0 Å². The van der Waals surface area contributed by atoms with Gasteiger partial charge in [0.25, 0.3) is 5.91 Å². The molecule has 1 aliphatic rings. The number of benzene rings is 3. The minimum atomic E-state index is -0.869. The Morgan fingerprint density at radius 3 is 2.50 bits per heavy atom. The van der Waals surface area contributed by atoms with E-state index in [0.29, 0.717) is 28.9 Å². The molecule has 0 unspecified atom stereocenters. The lowest BCUT2D eigenvalue weighted by atomic mass is 9.97. The highest BCUT2D eigenvalue weighted by molar-refractivity contribution is 6.37. The summed E-state index contributed by atoms with van der Waals surface area (Å²) in [4.78, 5) is 26.1. The van der Waals surface area contributed by atoms with E-state index in [0.717, 1.165) is 28.9 Å². The molecule has 1 amide bonds. The molecule has 0 bridgehead atoms. The van der Waals surface area contributed by atoms with Gasteiger partial charge in [0.1, 0.15) is 5.82 Å². The average molecular weight is 460 g/mol. The van der Waals surface area contributed by atoms with Gasteiger partial charge in [-0.1, -0.05) is 30.3 Å². The minimum absolute atomic E-state index is 0.0126. The summed E-state index contributed by atoms with van der Waals surface area (Å²) >= 11 is 0. The van der Waals surface area contributed by atoms with Gasteiger partial charge < -0.3 is 20.6 Å².